The summed E-state index contributed by atoms with van der Waals surface area (Å²) in [4.78, 5) is 14.9. The molecule has 0 unspecified atom stereocenters. The number of amides is 1. The molecule has 1 amide bonds. The van der Waals surface area contributed by atoms with Crippen LogP contribution < -0.4 is 5.32 Å². The Morgan fingerprint density at radius 2 is 2.00 bits per heavy atom. The maximum absolute atomic E-state index is 12.8. The van der Waals surface area contributed by atoms with Gasteiger partial charge in [-0.1, -0.05) is 6.92 Å². The molecule has 0 radical (unpaired) electrons. The summed E-state index contributed by atoms with van der Waals surface area (Å²) in [6, 6.07) is 0. The van der Waals surface area contributed by atoms with Crippen LogP contribution in [0.3, 0.4) is 0 Å². The molecule has 0 spiro atoms. The highest BCUT2D eigenvalue weighted by Gasteiger charge is 2.42. The summed E-state index contributed by atoms with van der Waals surface area (Å²) in [7, 11) is 0. The van der Waals surface area contributed by atoms with Crippen molar-refractivity contribution < 1.29 is 9.53 Å². The highest BCUT2D eigenvalue weighted by molar-refractivity contribution is 5.83. The molecule has 0 bridgehead atoms. The lowest BCUT2D eigenvalue weighted by atomic mass is 9.75. The number of piperidine rings is 1. The Morgan fingerprint density at radius 1 is 1.33 bits per heavy atom. The SMILES string of the molecule is CCC1(C(=O)N2CCOC(C)(C)C2)CCNCC1. The van der Waals surface area contributed by atoms with Crippen molar-refractivity contribution in [2.45, 2.75) is 45.6 Å². The van der Waals surface area contributed by atoms with Crippen LogP contribution in [0.2, 0.25) is 0 Å². The molecule has 2 rings (SSSR count). The molecular weight excluding hydrogens is 228 g/mol. The van der Waals surface area contributed by atoms with Crippen LogP contribution in [0.25, 0.3) is 0 Å². The molecule has 0 aromatic heterocycles. The van der Waals surface area contributed by atoms with Crippen molar-refractivity contribution in [2.75, 3.05) is 32.8 Å². The van der Waals surface area contributed by atoms with E-state index in [9.17, 15) is 4.79 Å². The van der Waals surface area contributed by atoms with Crippen LogP contribution in [-0.2, 0) is 9.53 Å². The van der Waals surface area contributed by atoms with Gasteiger partial charge in [0, 0.05) is 13.1 Å². The van der Waals surface area contributed by atoms with Crippen LogP contribution in [-0.4, -0.2) is 49.2 Å². The van der Waals surface area contributed by atoms with E-state index in [1.165, 1.54) is 0 Å². The van der Waals surface area contributed by atoms with Gasteiger partial charge in [-0.25, -0.2) is 0 Å². The monoisotopic (exact) mass is 254 g/mol. The molecular formula is C14H26N2O2. The van der Waals surface area contributed by atoms with Crippen molar-refractivity contribution in [1.82, 2.24) is 10.2 Å². The summed E-state index contributed by atoms with van der Waals surface area (Å²) in [5, 5.41) is 3.35. The lowest BCUT2D eigenvalue weighted by Crippen LogP contribution is -2.56. The van der Waals surface area contributed by atoms with E-state index in [-0.39, 0.29) is 11.0 Å². The fourth-order valence-corrected chi connectivity index (χ4v) is 3.15. The van der Waals surface area contributed by atoms with Gasteiger partial charge in [-0.05, 0) is 46.2 Å². The molecule has 0 saturated carbocycles. The average molecular weight is 254 g/mol. The van der Waals surface area contributed by atoms with Crippen molar-refractivity contribution in [3.05, 3.63) is 0 Å². The second-order valence-electron chi connectivity index (χ2n) is 6.22. The summed E-state index contributed by atoms with van der Waals surface area (Å²) < 4.78 is 5.69. The largest absolute Gasteiger partial charge is 0.372 e. The summed E-state index contributed by atoms with van der Waals surface area (Å²) in [6.45, 7) is 10.3. The Morgan fingerprint density at radius 3 is 2.56 bits per heavy atom. The van der Waals surface area contributed by atoms with Gasteiger partial charge in [0.15, 0.2) is 0 Å². The van der Waals surface area contributed by atoms with Gasteiger partial charge in [0.25, 0.3) is 0 Å². The Kier molecular flexibility index (Phi) is 3.97. The van der Waals surface area contributed by atoms with E-state index in [1.54, 1.807) is 0 Å². The number of hydrogen-bond acceptors (Lipinski definition) is 3. The quantitative estimate of drug-likeness (QED) is 0.810. The number of nitrogens with zero attached hydrogens (tertiary/aromatic N) is 1. The molecule has 104 valence electrons. The molecule has 1 N–H and O–H groups in total. The molecule has 2 aliphatic heterocycles. The van der Waals surface area contributed by atoms with Crippen molar-refractivity contribution >= 4 is 5.91 Å². The molecule has 0 atom stereocenters. The Bertz CT molecular complexity index is 309. The van der Waals surface area contributed by atoms with Crippen LogP contribution in [0.4, 0.5) is 0 Å². The molecule has 4 heteroatoms. The molecule has 4 nitrogen and oxygen atoms in total. The minimum Gasteiger partial charge on any atom is -0.372 e. The fourth-order valence-electron chi connectivity index (χ4n) is 3.15. The first-order valence-electron chi connectivity index (χ1n) is 7.13. The van der Waals surface area contributed by atoms with E-state index in [2.05, 4.69) is 26.1 Å². The fraction of sp³-hybridized carbons (Fsp3) is 0.929. The predicted molar refractivity (Wildman–Crippen MR) is 71.4 cm³/mol. The number of ether oxygens (including phenoxy) is 1. The average Bonchev–Trinajstić information content (AvgIpc) is 2.37. The smallest absolute Gasteiger partial charge is 0.229 e. The van der Waals surface area contributed by atoms with Gasteiger partial charge < -0.3 is 15.0 Å². The summed E-state index contributed by atoms with van der Waals surface area (Å²) >= 11 is 0. The highest BCUT2D eigenvalue weighted by atomic mass is 16.5. The minimum absolute atomic E-state index is 0.126. The van der Waals surface area contributed by atoms with Gasteiger partial charge in [0.2, 0.25) is 5.91 Å². The van der Waals surface area contributed by atoms with Crippen molar-refractivity contribution in [2.24, 2.45) is 5.41 Å². The van der Waals surface area contributed by atoms with Gasteiger partial charge in [-0.3, -0.25) is 4.79 Å². The van der Waals surface area contributed by atoms with Crippen LogP contribution in [0.5, 0.6) is 0 Å². The first-order valence-corrected chi connectivity index (χ1v) is 7.13. The normalized spacial score (nSPS) is 26.9. The topological polar surface area (TPSA) is 41.6 Å². The second-order valence-corrected chi connectivity index (χ2v) is 6.22. The maximum atomic E-state index is 12.8. The Hall–Kier alpha value is -0.610. The number of carbonyl (C=O) groups excluding carboxylic acids is 1. The Labute approximate surface area is 110 Å². The van der Waals surface area contributed by atoms with Gasteiger partial charge in [0.1, 0.15) is 0 Å². The number of rotatable bonds is 2. The van der Waals surface area contributed by atoms with Crippen molar-refractivity contribution in [1.29, 1.82) is 0 Å². The first kappa shape index (κ1) is 13.8. The zero-order chi connectivity index (χ0) is 13.2. The van der Waals surface area contributed by atoms with Crippen LogP contribution in [0, 0.1) is 5.41 Å². The third-order valence-corrected chi connectivity index (χ3v) is 4.40. The van der Waals surface area contributed by atoms with Crippen LogP contribution >= 0.6 is 0 Å². The molecule has 18 heavy (non-hydrogen) atoms. The van der Waals surface area contributed by atoms with E-state index in [4.69, 9.17) is 4.74 Å². The number of morpholine rings is 1. The maximum Gasteiger partial charge on any atom is 0.229 e. The van der Waals surface area contributed by atoms with E-state index in [0.717, 1.165) is 45.4 Å². The number of carbonyl (C=O) groups is 1. The third-order valence-electron chi connectivity index (χ3n) is 4.40. The third kappa shape index (κ3) is 2.69. The summed E-state index contributed by atoms with van der Waals surface area (Å²) in [5.41, 5.74) is -0.325. The Balaban J connectivity index is 2.09. The van der Waals surface area contributed by atoms with Crippen LogP contribution in [0.15, 0.2) is 0 Å². The standard InChI is InChI=1S/C14H26N2O2/c1-4-14(5-7-15-8-6-14)12(17)16-9-10-18-13(2,3)11-16/h15H,4-11H2,1-3H3. The number of hydrogen-bond donors (Lipinski definition) is 1. The minimum atomic E-state index is -0.199. The van der Waals surface area contributed by atoms with Gasteiger partial charge >= 0.3 is 0 Å². The molecule has 2 aliphatic rings. The van der Waals surface area contributed by atoms with E-state index < -0.39 is 0 Å². The predicted octanol–water partition coefficient (Wildman–Crippen LogP) is 1.40. The summed E-state index contributed by atoms with van der Waals surface area (Å²) in [5.74, 6) is 0.350. The first-order chi connectivity index (χ1) is 8.49. The second kappa shape index (κ2) is 5.17. The van der Waals surface area contributed by atoms with Gasteiger partial charge in [0.05, 0.1) is 17.6 Å². The zero-order valence-corrected chi connectivity index (χ0v) is 11.9. The van der Waals surface area contributed by atoms with E-state index in [1.807, 2.05) is 4.90 Å². The molecule has 2 saturated heterocycles. The van der Waals surface area contributed by atoms with Crippen LogP contribution in [0.1, 0.15) is 40.0 Å². The molecule has 0 aromatic carbocycles. The number of nitrogens with one attached hydrogen (secondary N) is 1. The van der Waals surface area contributed by atoms with Crippen molar-refractivity contribution in [3.8, 4) is 0 Å². The molecule has 0 aliphatic carbocycles. The van der Waals surface area contributed by atoms with E-state index in [0.29, 0.717) is 12.5 Å². The summed E-state index contributed by atoms with van der Waals surface area (Å²) in [6.07, 6.45) is 2.89. The lowest BCUT2D eigenvalue weighted by Gasteiger charge is -2.44. The molecule has 2 fully saturated rings. The molecule has 2 heterocycles. The van der Waals surface area contributed by atoms with E-state index >= 15 is 0 Å². The molecule has 0 aromatic rings. The van der Waals surface area contributed by atoms with Gasteiger partial charge in [-0.2, -0.15) is 0 Å². The zero-order valence-electron chi connectivity index (χ0n) is 11.9. The highest BCUT2D eigenvalue weighted by Crippen LogP contribution is 2.35. The van der Waals surface area contributed by atoms with Gasteiger partial charge in [-0.15, -0.1) is 0 Å². The lowest BCUT2D eigenvalue weighted by molar-refractivity contribution is -0.158. The van der Waals surface area contributed by atoms with Crippen molar-refractivity contribution in [3.63, 3.8) is 0 Å².